The third-order valence-electron chi connectivity index (χ3n) is 2.73. The van der Waals surface area contributed by atoms with Crippen molar-refractivity contribution in [3.05, 3.63) is 52.0 Å². The van der Waals surface area contributed by atoms with Crippen molar-refractivity contribution in [1.29, 1.82) is 0 Å². The zero-order valence-electron chi connectivity index (χ0n) is 9.64. The number of allylic oxidation sites excluding steroid dienone is 4. The van der Waals surface area contributed by atoms with E-state index in [1.54, 1.807) is 17.8 Å². The van der Waals surface area contributed by atoms with E-state index in [1.165, 1.54) is 6.20 Å². The number of aryl methyl sites for hydroxylation is 1. The van der Waals surface area contributed by atoms with Crippen molar-refractivity contribution in [2.24, 2.45) is 12.8 Å². The Labute approximate surface area is 99.1 Å². The number of hydrogen-bond acceptors (Lipinski definition) is 2. The Morgan fingerprint density at radius 1 is 1.35 bits per heavy atom. The Balaban J connectivity index is 2.62. The molecule has 4 heteroatoms. The van der Waals surface area contributed by atoms with Crippen molar-refractivity contribution < 1.29 is 4.79 Å². The van der Waals surface area contributed by atoms with Crippen LogP contribution in [0.3, 0.4) is 0 Å². The molecule has 1 amide bonds. The molecule has 1 aliphatic carbocycles. The van der Waals surface area contributed by atoms with Gasteiger partial charge < -0.3 is 10.3 Å². The monoisotopic (exact) mass is 230 g/mol. The molecule has 1 heterocycles. The molecule has 1 aliphatic rings. The van der Waals surface area contributed by atoms with Gasteiger partial charge in [-0.3, -0.25) is 9.59 Å². The summed E-state index contributed by atoms with van der Waals surface area (Å²) in [5.74, 6) is -0.687. The fraction of sp³-hybridized carbons (Fsp3) is 0.231. The van der Waals surface area contributed by atoms with Crippen LogP contribution in [0.4, 0.5) is 0 Å². The molecule has 1 aromatic heterocycles. The number of carbonyl (C=O) groups excluding carboxylic acids is 1. The number of nitrogens with two attached hydrogens (primary N) is 1. The average molecular weight is 230 g/mol. The Morgan fingerprint density at radius 2 is 2.12 bits per heavy atom. The lowest BCUT2D eigenvalue weighted by Gasteiger charge is -2.09. The molecular formula is C13H14N2O2. The largest absolute Gasteiger partial charge is 0.365 e. The van der Waals surface area contributed by atoms with Crippen LogP contribution in [0, 0.1) is 0 Å². The second-order valence-corrected chi connectivity index (χ2v) is 4.08. The Bertz CT molecular complexity index is 580. The maximum Gasteiger partial charge on any atom is 0.254 e. The Hall–Kier alpha value is -2.10. The summed E-state index contributed by atoms with van der Waals surface area (Å²) in [6, 6.07) is 0. The molecule has 0 saturated heterocycles. The molecule has 17 heavy (non-hydrogen) atoms. The van der Waals surface area contributed by atoms with Gasteiger partial charge in [-0.05, 0) is 18.4 Å². The number of amides is 1. The van der Waals surface area contributed by atoms with E-state index in [2.05, 4.69) is 0 Å². The van der Waals surface area contributed by atoms with Gasteiger partial charge in [-0.2, -0.15) is 0 Å². The lowest BCUT2D eigenvalue weighted by atomic mass is 9.99. The van der Waals surface area contributed by atoms with Crippen LogP contribution in [0.25, 0.3) is 5.57 Å². The summed E-state index contributed by atoms with van der Waals surface area (Å²) in [6.45, 7) is 0. The van der Waals surface area contributed by atoms with Gasteiger partial charge in [0, 0.05) is 25.0 Å². The maximum atomic E-state index is 12.1. The minimum atomic E-state index is -0.687. The van der Waals surface area contributed by atoms with E-state index in [0.29, 0.717) is 5.56 Å². The Morgan fingerprint density at radius 3 is 2.71 bits per heavy atom. The fourth-order valence-electron chi connectivity index (χ4n) is 1.90. The Kier molecular flexibility index (Phi) is 2.95. The molecule has 0 aromatic carbocycles. The predicted octanol–water partition coefficient (Wildman–Crippen LogP) is 1.22. The van der Waals surface area contributed by atoms with Crippen molar-refractivity contribution in [2.45, 2.75) is 12.8 Å². The van der Waals surface area contributed by atoms with Crippen molar-refractivity contribution in [3.8, 4) is 0 Å². The summed E-state index contributed by atoms with van der Waals surface area (Å²) in [5.41, 5.74) is 6.32. The van der Waals surface area contributed by atoms with Crippen LogP contribution in [-0.4, -0.2) is 10.5 Å². The number of carbonyl (C=O) groups is 1. The molecule has 0 radical (unpaired) electrons. The molecule has 1 aromatic rings. The molecule has 88 valence electrons. The lowest BCUT2D eigenvalue weighted by Crippen LogP contribution is -2.25. The van der Waals surface area contributed by atoms with Gasteiger partial charge in [-0.25, -0.2) is 0 Å². The number of primary amides is 1. The fourth-order valence-corrected chi connectivity index (χ4v) is 1.90. The highest BCUT2D eigenvalue weighted by Gasteiger charge is 2.13. The third-order valence-corrected chi connectivity index (χ3v) is 2.73. The summed E-state index contributed by atoms with van der Waals surface area (Å²) in [6.07, 6.45) is 11.0. The first kappa shape index (κ1) is 11.4. The third kappa shape index (κ3) is 2.20. The summed E-state index contributed by atoms with van der Waals surface area (Å²) in [7, 11) is 1.77. The van der Waals surface area contributed by atoms with Gasteiger partial charge in [-0.15, -0.1) is 0 Å². The first-order valence-electron chi connectivity index (χ1n) is 5.47. The number of rotatable bonds is 2. The predicted molar refractivity (Wildman–Crippen MR) is 66.6 cm³/mol. The number of pyridine rings is 1. The van der Waals surface area contributed by atoms with E-state index < -0.39 is 5.91 Å². The quantitative estimate of drug-likeness (QED) is 0.830. The van der Waals surface area contributed by atoms with Gasteiger partial charge in [-0.1, -0.05) is 18.2 Å². The van der Waals surface area contributed by atoms with Crippen LogP contribution in [0.5, 0.6) is 0 Å². The van der Waals surface area contributed by atoms with E-state index in [9.17, 15) is 9.59 Å². The molecule has 0 spiro atoms. The summed E-state index contributed by atoms with van der Waals surface area (Å²) in [5, 5.41) is 0. The van der Waals surface area contributed by atoms with Gasteiger partial charge in [0.25, 0.3) is 5.91 Å². The van der Waals surface area contributed by atoms with E-state index in [0.717, 1.165) is 18.4 Å². The zero-order valence-corrected chi connectivity index (χ0v) is 9.64. The van der Waals surface area contributed by atoms with E-state index in [1.807, 2.05) is 18.2 Å². The van der Waals surface area contributed by atoms with Gasteiger partial charge >= 0.3 is 0 Å². The number of hydrogen-bond donors (Lipinski definition) is 1. The van der Waals surface area contributed by atoms with Crippen LogP contribution < -0.4 is 11.2 Å². The second-order valence-electron chi connectivity index (χ2n) is 4.08. The molecular weight excluding hydrogens is 216 g/mol. The summed E-state index contributed by atoms with van der Waals surface area (Å²) < 4.78 is 1.68. The van der Waals surface area contributed by atoms with Gasteiger partial charge in [0.2, 0.25) is 5.43 Å². The average Bonchev–Trinajstić information content (AvgIpc) is 2.32. The normalized spacial score (nSPS) is 14.5. The molecule has 0 aliphatic heterocycles. The first-order valence-corrected chi connectivity index (χ1v) is 5.47. The number of nitrogens with zero attached hydrogens (tertiary/aromatic N) is 1. The molecule has 4 nitrogen and oxygen atoms in total. The molecule has 2 rings (SSSR count). The number of aromatic nitrogens is 1. The SMILES string of the molecule is Cn1cc(C(N)=O)c(=O)c(C2=CCCC=C2)c1. The van der Waals surface area contributed by atoms with Crippen LogP contribution in [0.1, 0.15) is 28.8 Å². The van der Waals surface area contributed by atoms with Crippen molar-refractivity contribution in [3.63, 3.8) is 0 Å². The highest BCUT2D eigenvalue weighted by molar-refractivity contribution is 5.93. The maximum absolute atomic E-state index is 12.1. The smallest absolute Gasteiger partial charge is 0.254 e. The molecule has 0 saturated carbocycles. The van der Waals surface area contributed by atoms with Gasteiger partial charge in [0.05, 0.1) is 0 Å². The highest BCUT2D eigenvalue weighted by atomic mass is 16.2. The molecule has 0 bridgehead atoms. The topological polar surface area (TPSA) is 65.1 Å². The highest BCUT2D eigenvalue weighted by Crippen LogP contribution is 2.18. The minimum Gasteiger partial charge on any atom is -0.365 e. The first-order chi connectivity index (χ1) is 8.09. The molecule has 0 atom stereocenters. The minimum absolute atomic E-state index is 0.0323. The van der Waals surface area contributed by atoms with E-state index >= 15 is 0 Å². The van der Waals surface area contributed by atoms with Crippen LogP contribution in [0.2, 0.25) is 0 Å². The van der Waals surface area contributed by atoms with E-state index in [-0.39, 0.29) is 11.0 Å². The van der Waals surface area contributed by atoms with E-state index in [4.69, 9.17) is 5.73 Å². The summed E-state index contributed by atoms with van der Waals surface area (Å²) >= 11 is 0. The van der Waals surface area contributed by atoms with Crippen LogP contribution in [0.15, 0.2) is 35.4 Å². The standard InChI is InChI=1S/C13H14N2O2/c1-15-7-10(9-5-3-2-4-6-9)12(16)11(8-15)13(14)17/h3,5-8H,2,4H2,1H3,(H2,14,17). The van der Waals surface area contributed by atoms with Crippen molar-refractivity contribution in [2.75, 3.05) is 0 Å². The van der Waals surface area contributed by atoms with Crippen LogP contribution >= 0.6 is 0 Å². The lowest BCUT2D eigenvalue weighted by molar-refractivity contribution is 0.0998. The van der Waals surface area contributed by atoms with Crippen molar-refractivity contribution in [1.82, 2.24) is 4.57 Å². The molecule has 0 unspecified atom stereocenters. The molecule has 2 N–H and O–H groups in total. The van der Waals surface area contributed by atoms with Crippen LogP contribution in [-0.2, 0) is 7.05 Å². The van der Waals surface area contributed by atoms with Gasteiger partial charge in [0.15, 0.2) is 0 Å². The zero-order chi connectivity index (χ0) is 12.4. The second kappa shape index (κ2) is 4.41. The molecule has 0 fully saturated rings. The van der Waals surface area contributed by atoms with Crippen molar-refractivity contribution >= 4 is 11.5 Å². The van der Waals surface area contributed by atoms with Gasteiger partial charge in [0.1, 0.15) is 5.56 Å². The summed E-state index contributed by atoms with van der Waals surface area (Å²) in [4.78, 5) is 23.3.